The topological polar surface area (TPSA) is 122 Å². The van der Waals surface area contributed by atoms with E-state index in [1.807, 2.05) is 39.8 Å². The molecule has 1 saturated heterocycles. The van der Waals surface area contributed by atoms with E-state index in [0.29, 0.717) is 38.3 Å². The molecule has 198 valence electrons. The molecular formula is C26H38N4O6. The van der Waals surface area contributed by atoms with Crippen LogP contribution in [0.2, 0.25) is 0 Å². The molecule has 0 bridgehead atoms. The predicted octanol–water partition coefficient (Wildman–Crippen LogP) is 2.68. The standard InChI is InChI=1S/C26H38N4O6/c1-5-6-15-35-22(31)10-9-21(23(27)32)30-17-18-16-19(7-8-20(18)24(30)33)28-11-13-29(14-12-28)25(34)36-26(2,3)4/h7-8,16,21H,5-6,9-15,17H2,1-4H3,(H2,27,32)/t21-/m0/s1. The number of amides is 3. The quantitative estimate of drug-likeness (QED) is 0.407. The molecule has 1 fully saturated rings. The molecule has 2 N–H and O–H groups in total. The number of esters is 1. The van der Waals surface area contributed by atoms with Crippen molar-refractivity contribution < 1.29 is 28.7 Å². The summed E-state index contributed by atoms with van der Waals surface area (Å²) >= 11 is 0. The molecule has 10 heteroatoms. The number of hydrogen-bond acceptors (Lipinski definition) is 7. The summed E-state index contributed by atoms with van der Waals surface area (Å²) in [6, 6.07) is 4.72. The maximum absolute atomic E-state index is 13.0. The summed E-state index contributed by atoms with van der Waals surface area (Å²) in [5, 5.41) is 0. The predicted molar refractivity (Wildman–Crippen MR) is 134 cm³/mol. The zero-order valence-electron chi connectivity index (χ0n) is 21.7. The van der Waals surface area contributed by atoms with Gasteiger partial charge in [-0.05, 0) is 57.4 Å². The van der Waals surface area contributed by atoms with E-state index < -0.39 is 23.5 Å². The van der Waals surface area contributed by atoms with E-state index in [2.05, 4.69) is 4.90 Å². The Morgan fingerprint density at radius 1 is 1.11 bits per heavy atom. The van der Waals surface area contributed by atoms with E-state index in [1.165, 1.54) is 4.90 Å². The Kier molecular flexibility index (Phi) is 8.81. The number of carbonyl (C=O) groups excluding carboxylic acids is 4. The van der Waals surface area contributed by atoms with Gasteiger partial charge in [-0.3, -0.25) is 14.4 Å². The van der Waals surface area contributed by atoms with E-state index in [1.54, 1.807) is 11.0 Å². The van der Waals surface area contributed by atoms with Gasteiger partial charge in [-0.25, -0.2) is 4.79 Å². The SMILES string of the molecule is CCCCOC(=O)CC[C@@H](C(N)=O)N1Cc2cc(N3CCN(C(=O)OC(C)(C)C)CC3)ccc2C1=O. The zero-order chi connectivity index (χ0) is 26.5. The van der Waals surface area contributed by atoms with E-state index in [0.717, 1.165) is 24.1 Å². The Morgan fingerprint density at radius 3 is 2.42 bits per heavy atom. The summed E-state index contributed by atoms with van der Waals surface area (Å²) in [5.74, 6) is -1.31. The van der Waals surface area contributed by atoms with Gasteiger partial charge in [0.05, 0.1) is 6.61 Å². The second-order valence-corrected chi connectivity index (χ2v) is 10.3. The van der Waals surface area contributed by atoms with Gasteiger partial charge in [0.1, 0.15) is 11.6 Å². The highest BCUT2D eigenvalue weighted by molar-refractivity contribution is 6.01. The minimum absolute atomic E-state index is 0.0185. The van der Waals surface area contributed by atoms with Crippen LogP contribution in [0.3, 0.4) is 0 Å². The summed E-state index contributed by atoms with van der Waals surface area (Å²) in [6.07, 6.45) is 1.52. The number of nitrogens with two attached hydrogens (primary N) is 1. The molecule has 3 rings (SSSR count). The normalized spacial score (nSPS) is 16.6. The Labute approximate surface area is 212 Å². The van der Waals surface area contributed by atoms with Crippen LogP contribution >= 0.6 is 0 Å². The third-order valence-corrected chi connectivity index (χ3v) is 6.30. The first-order chi connectivity index (χ1) is 17.0. The lowest BCUT2D eigenvalue weighted by Gasteiger charge is -2.36. The molecule has 2 aliphatic rings. The molecule has 2 aliphatic heterocycles. The van der Waals surface area contributed by atoms with Crippen LogP contribution in [0.25, 0.3) is 0 Å². The first-order valence-corrected chi connectivity index (χ1v) is 12.6. The average Bonchev–Trinajstić information content (AvgIpc) is 3.13. The van der Waals surface area contributed by atoms with E-state index >= 15 is 0 Å². The lowest BCUT2D eigenvalue weighted by molar-refractivity contribution is -0.144. The molecule has 3 amide bonds. The van der Waals surface area contributed by atoms with Crippen LogP contribution in [-0.4, -0.2) is 78.1 Å². The number of ether oxygens (including phenoxy) is 2. The Balaban J connectivity index is 1.61. The molecule has 0 spiro atoms. The number of anilines is 1. The minimum atomic E-state index is -0.885. The summed E-state index contributed by atoms with van der Waals surface area (Å²) in [4.78, 5) is 54.9. The highest BCUT2D eigenvalue weighted by Crippen LogP contribution is 2.30. The Bertz CT molecular complexity index is 981. The molecule has 10 nitrogen and oxygen atoms in total. The highest BCUT2D eigenvalue weighted by atomic mass is 16.6. The summed E-state index contributed by atoms with van der Waals surface area (Å²) in [6.45, 7) is 10.5. The summed E-state index contributed by atoms with van der Waals surface area (Å²) < 4.78 is 10.6. The van der Waals surface area contributed by atoms with Crippen LogP contribution in [-0.2, 0) is 25.6 Å². The van der Waals surface area contributed by atoms with Gasteiger partial charge in [-0.1, -0.05) is 13.3 Å². The molecule has 1 aromatic carbocycles. The third-order valence-electron chi connectivity index (χ3n) is 6.30. The fraction of sp³-hybridized carbons (Fsp3) is 0.615. The van der Waals surface area contributed by atoms with Gasteiger partial charge >= 0.3 is 12.1 Å². The van der Waals surface area contributed by atoms with Crippen LogP contribution in [0.5, 0.6) is 0 Å². The maximum Gasteiger partial charge on any atom is 0.410 e. The molecule has 1 atom stereocenters. The number of primary amides is 1. The maximum atomic E-state index is 13.0. The number of piperazine rings is 1. The first-order valence-electron chi connectivity index (χ1n) is 12.6. The second-order valence-electron chi connectivity index (χ2n) is 10.3. The van der Waals surface area contributed by atoms with Gasteiger partial charge in [0.25, 0.3) is 5.91 Å². The van der Waals surface area contributed by atoms with Crippen molar-refractivity contribution in [3.8, 4) is 0 Å². The van der Waals surface area contributed by atoms with Crippen LogP contribution in [0.1, 0.15) is 69.3 Å². The van der Waals surface area contributed by atoms with Crippen molar-refractivity contribution in [1.29, 1.82) is 0 Å². The third kappa shape index (κ3) is 6.89. The molecule has 0 aromatic heterocycles. The number of unbranched alkanes of at least 4 members (excludes halogenated alkanes) is 1. The minimum Gasteiger partial charge on any atom is -0.466 e. The van der Waals surface area contributed by atoms with E-state index in [4.69, 9.17) is 15.2 Å². The Morgan fingerprint density at radius 2 is 1.81 bits per heavy atom. The fourth-order valence-corrected chi connectivity index (χ4v) is 4.36. The van der Waals surface area contributed by atoms with Crippen molar-refractivity contribution in [3.05, 3.63) is 29.3 Å². The molecular weight excluding hydrogens is 464 g/mol. The lowest BCUT2D eigenvalue weighted by atomic mass is 10.1. The van der Waals surface area contributed by atoms with Gasteiger partial charge in [0.2, 0.25) is 5.91 Å². The molecule has 2 heterocycles. The van der Waals surface area contributed by atoms with Crippen molar-refractivity contribution in [2.24, 2.45) is 5.73 Å². The van der Waals surface area contributed by atoms with Crippen LogP contribution in [0, 0.1) is 0 Å². The van der Waals surface area contributed by atoms with Gasteiger partial charge in [-0.2, -0.15) is 0 Å². The van der Waals surface area contributed by atoms with E-state index in [-0.39, 0.29) is 31.4 Å². The highest BCUT2D eigenvalue weighted by Gasteiger charge is 2.36. The molecule has 36 heavy (non-hydrogen) atoms. The van der Waals surface area contributed by atoms with Gasteiger partial charge in [0, 0.05) is 50.4 Å². The van der Waals surface area contributed by atoms with Crippen molar-refractivity contribution in [3.63, 3.8) is 0 Å². The Hall–Kier alpha value is -3.30. The van der Waals surface area contributed by atoms with Crippen molar-refractivity contribution in [2.75, 3.05) is 37.7 Å². The van der Waals surface area contributed by atoms with Gasteiger partial charge in [0.15, 0.2) is 0 Å². The second kappa shape index (κ2) is 11.6. The summed E-state index contributed by atoms with van der Waals surface area (Å²) in [7, 11) is 0. The van der Waals surface area contributed by atoms with Crippen LogP contribution < -0.4 is 10.6 Å². The number of rotatable bonds is 9. The smallest absolute Gasteiger partial charge is 0.410 e. The summed E-state index contributed by atoms with van der Waals surface area (Å²) in [5.41, 5.74) is 7.36. The average molecular weight is 503 g/mol. The molecule has 0 saturated carbocycles. The molecule has 0 aliphatic carbocycles. The first kappa shape index (κ1) is 27.3. The van der Waals surface area contributed by atoms with E-state index in [9.17, 15) is 19.2 Å². The van der Waals surface area contributed by atoms with Crippen LogP contribution in [0.4, 0.5) is 10.5 Å². The van der Waals surface area contributed by atoms with Crippen molar-refractivity contribution in [2.45, 2.75) is 71.6 Å². The van der Waals surface area contributed by atoms with Crippen molar-refractivity contribution in [1.82, 2.24) is 9.80 Å². The zero-order valence-corrected chi connectivity index (χ0v) is 21.7. The molecule has 0 unspecified atom stereocenters. The molecule has 0 radical (unpaired) electrons. The largest absolute Gasteiger partial charge is 0.466 e. The number of benzene rings is 1. The van der Waals surface area contributed by atoms with Crippen LogP contribution in [0.15, 0.2) is 18.2 Å². The lowest BCUT2D eigenvalue weighted by Crippen LogP contribution is -2.50. The van der Waals surface area contributed by atoms with Gasteiger partial charge < -0.3 is 29.9 Å². The van der Waals surface area contributed by atoms with Gasteiger partial charge in [-0.15, -0.1) is 0 Å². The van der Waals surface area contributed by atoms with Crippen molar-refractivity contribution >= 4 is 29.6 Å². The number of hydrogen-bond donors (Lipinski definition) is 1. The number of nitrogens with zero attached hydrogens (tertiary/aromatic N) is 3. The fourth-order valence-electron chi connectivity index (χ4n) is 4.36. The monoisotopic (exact) mass is 502 g/mol. The molecule has 1 aromatic rings. The number of fused-ring (bicyclic) bond motifs is 1. The number of carbonyl (C=O) groups is 4.